The SMILES string of the molecule is CC(C)n1cc(C=Nc2sc3c(c2C#N)CC[C@H](C(C)(C)C)C3)c2ccccc21. The van der Waals surface area contributed by atoms with Crippen molar-refractivity contribution in [1.82, 2.24) is 4.57 Å². The molecule has 2 aromatic heterocycles. The van der Waals surface area contributed by atoms with Gasteiger partial charge in [0.05, 0.1) is 5.56 Å². The molecule has 0 saturated carbocycles. The van der Waals surface area contributed by atoms with Crippen LogP contribution >= 0.6 is 11.3 Å². The van der Waals surface area contributed by atoms with E-state index in [4.69, 9.17) is 4.99 Å². The van der Waals surface area contributed by atoms with Crippen LogP contribution in [-0.2, 0) is 12.8 Å². The Balaban J connectivity index is 1.71. The van der Waals surface area contributed by atoms with Crippen molar-refractivity contribution >= 4 is 33.5 Å². The van der Waals surface area contributed by atoms with E-state index < -0.39 is 0 Å². The predicted octanol–water partition coefficient (Wildman–Crippen LogP) is 7.06. The summed E-state index contributed by atoms with van der Waals surface area (Å²) in [7, 11) is 0. The van der Waals surface area contributed by atoms with Crippen LogP contribution < -0.4 is 0 Å². The Morgan fingerprint density at radius 1 is 1.28 bits per heavy atom. The van der Waals surface area contributed by atoms with E-state index in [-0.39, 0.29) is 0 Å². The molecule has 0 saturated heterocycles. The molecule has 0 amide bonds. The molecule has 0 aliphatic heterocycles. The van der Waals surface area contributed by atoms with E-state index in [0.717, 1.165) is 35.4 Å². The summed E-state index contributed by atoms with van der Waals surface area (Å²) in [5, 5.41) is 11.9. The van der Waals surface area contributed by atoms with Gasteiger partial charge >= 0.3 is 0 Å². The maximum absolute atomic E-state index is 9.81. The summed E-state index contributed by atoms with van der Waals surface area (Å²) in [4.78, 5) is 6.19. The van der Waals surface area contributed by atoms with Crippen LogP contribution in [0.15, 0.2) is 35.5 Å². The van der Waals surface area contributed by atoms with Crippen molar-refractivity contribution in [3.05, 3.63) is 52.0 Å². The van der Waals surface area contributed by atoms with Gasteiger partial charge in [-0.1, -0.05) is 39.0 Å². The van der Waals surface area contributed by atoms with Crippen molar-refractivity contribution in [2.45, 2.75) is 59.9 Å². The van der Waals surface area contributed by atoms with Gasteiger partial charge in [-0.3, -0.25) is 0 Å². The molecule has 4 rings (SSSR count). The molecule has 1 atom stereocenters. The van der Waals surface area contributed by atoms with Crippen molar-refractivity contribution in [1.29, 1.82) is 5.26 Å². The summed E-state index contributed by atoms with van der Waals surface area (Å²) in [6.07, 6.45) is 7.35. The first-order valence-corrected chi connectivity index (χ1v) is 11.3. The minimum absolute atomic E-state index is 0.302. The molecular weight excluding hydrogens is 374 g/mol. The van der Waals surface area contributed by atoms with Gasteiger partial charge in [-0.25, -0.2) is 4.99 Å². The van der Waals surface area contributed by atoms with Gasteiger partial charge in [0.15, 0.2) is 0 Å². The number of benzene rings is 1. The molecule has 3 nitrogen and oxygen atoms in total. The molecule has 1 aromatic carbocycles. The minimum atomic E-state index is 0.302. The second-order valence-electron chi connectivity index (χ2n) is 9.46. The molecule has 0 radical (unpaired) electrons. The van der Waals surface area contributed by atoms with Crippen LogP contribution in [0.25, 0.3) is 10.9 Å². The lowest BCUT2D eigenvalue weighted by molar-refractivity contribution is 0.218. The number of thiophene rings is 1. The Hall–Kier alpha value is -2.38. The van der Waals surface area contributed by atoms with E-state index in [1.165, 1.54) is 21.3 Å². The predicted molar refractivity (Wildman–Crippen MR) is 124 cm³/mol. The number of nitriles is 1. The third-order valence-electron chi connectivity index (χ3n) is 6.23. The Bertz CT molecular complexity index is 1120. The topological polar surface area (TPSA) is 41.1 Å². The summed E-state index contributed by atoms with van der Waals surface area (Å²) in [5.74, 6) is 0.668. The molecule has 150 valence electrons. The molecule has 0 bridgehead atoms. The highest BCUT2D eigenvalue weighted by atomic mass is 32.1. The zero-order chi connectivity index (χ0) is 20.8. The Morgan fingerprint density at radius 2 is 2.03 bits per heavy atom. The zero-order valence-electron chi connectivity index (χ0n) is 18.0. The molecule has 29 heavy (non-hydrogen) atoms. The van der Waals surface area contributed by atoms with Gasteiger partial charge < -0.3 is 4.57 Å². The fourth-order valence-electron chi connectivity index (χ4n) is 4.41. The summed E-state index contributed by atoms with van der Waals surface area (Å²) >= 11 is 1.72. The highest BCUT2D eigenvalue weighted by Crippen LogP contribution is 2.45. The lowest BCUT2D eigenvalue weighted by Gasteiger charge is -2.33. The molecule has 1 aliphatic carbocycles. The van der Waals surface area contributed by atoms with Crippen LogP contribution in [0, 0.1) is 22.7 Å². The number of para-hydroxylation sites is 1. The van der Waals surface area contributed by atoms with Crippen LogP contribution in [0.2, 0.25) is 0 Å². The van der Waals surface area contributed by atoms with Crippen LogP contribution in [0.5, 0.6) is 0 Å². The first kappa shape index (κ1) is 19.9. The fraction of sp³-hybridized carbons (Fsp3) is 0.440. The maximum Gasteiger partial charge on any atom is 0.134 e. The molecule has 1 aliphatic rings. The summed E-state index contributed by atoms with van der Waals surface area (Å²) < 4.78 is 2.29. The lowest BCUT2D eigenvalue weighted by Crippen LogP contribution is -2.26. The molecular formula is C25H29N3S. The van der Waals surface area contributed by atoms with Gasteiger partial charge in [0, 0.05) is 39.8 Å². The van der Waals surface area contributed by atoms with Crippen LogP contribution in [0.3, 0.4) is 0 Å². The van der Waals surface area contributed by atoms with Crippen molar-refractivity contribution in [2.24, 2.45) is 16.3 Å². The highest BCUT2D eigenvalue weighted by Gasteiger charge is 2.32. The first-order chi connectivity index (χ1) is 13.8. The Kier molecular flexibility index (Phi) is 5.12. The van der Waals surface area contributed by atoms with Crippen LogP contribution in [0.4, 0.5) is 5.00 Å². The van der Waals surface area contributed by atoms with Gasteiger partial charge in [-0.05, 0) is 56.1 Å². The normalized spacial score (nSPS) is 17.2. The molecule has 0 unspecified atom stereocenters. The standard InChI is InChI=1S/C25H29N3S/c1-16(2)28-15-17(19-8-6-7-9-22(19)28)14-27-24-21(13-26)20-11-10-18(25(3,4)5)12-23(20)29-24/h6-9,14-16,18H,10-12H2,1-5H3/t18-/m0/s1. The molecule has 0 fully saturated rings. The van der Waals surface area contributed by atoms with E-state index in [1.807, 2.05) is 6.21 Å². The van der Waals surface area contributed by atoms with E-state index in [9.17, 15) is 5.26 Å². The van der Waals surface area contributed by atoms with Crippen molar-refractivity contribution < 1.29 is 0 Å². The van der Waals surface area contributed by atoms with E-state index in [1.54, 1.807) is 11.3 Å². The number of hydrogen-bond donors (Lipinski definition) is 0. The smallest absolute Gasteiger partial charge is 0.134 e. The molecule has 0 N–H and O–H groups in total. The summed E-state index contributed by atoms with van der Waals surface area (Å²) in [6, 6.07) is 11.3. The third-order valence-corrected chi connectivity index (χ3v) is 7.39. The maximum atomic E-state index is 9.81. The van der Waals surface area contributed by atoms with Gasteiger partial charge in [0.1, 0.15) is 11.1 Å². The third kappa shape index (κ3) is 3.65. The van der Waals surface area contributed by atoms with E-state index in [2.05, 4.69) is 75.7 Å². The number of aromatic nitrogens is 1. The van der Waals surface area contributed by atoms with Crippen molar-refractivity contribution in [3.8, 4) is 6.07 Å². The van der Waals surface area contributed by atoms with Crippen molar-refractivity contribution in [3.63, 3.8) is 0 Å². The first-order valence-electron chi connectivity index (χ1n) is 10.5. The molecule has 2 heterocycles. The van der Waals surface area contributed by atoms with Crippen LogP contribution in [0.1, 0.15) is 68.6 Å². The van der Waals surface area contributed by atoms with Crippen LogP contribution in [-0.4, -0.2) is 10.8 Å². The zero-order valence-corrected chi connectivity index (χ0v) is 18.8. The van der Waals surface area contributed by atoms with Gasteiger partial charge in [-0.15, -0.1) is 11.3 Å². The summed E-state index contributed by atoms with van der Waals surface area (Å²) in [5.41, 5.74) is 4.67. The molecule has 4 heteroatoms. The average Bonchev–Trinajstić information content (AvgIpc) is 3.23. The lowest BCUT2D eigenvalue weighted by atomic mass is 9.72. The largest absolute Gasteiger partial charge is 0.344 e. The Labute approximate surface area is 177 Å². The van der Waals surface area contributed by atoms with Gasteiger partial charge in [0.2, 0.25) is 0 Å². The molecule has 0 spiro atoms. The monoisotopic (exact) mass is 403 g/mol. The average molecular weight is 404 g/mol. The number of nitrogens with zero attached hydrogens (tertiary/aromatic N) is 3. The number of hydrogen-bond acceptors (Lipinski definition) is 3. The number of aliphatic imine (C=N–C) groups is 1. The van der Waals surface area contributed by atoms with Gasteiger partial charge in [-0.2, -0.15) is 5.26 Å². The van der Waals surface area contributed by atoms with Gasteiger partial charge in [0.25, 0.3) is 0 Å². The number of fused-ring (bicyclic) bond motifs is 2. The minimum Gasteiger partial charge on any atom is -0.344 e. The van der Waals surface area contributed by atoms with E-state index in [0.29, 0.717) is 17.4 Å². The fourth-order valence-corrected chi connectivity index (χ4v) is 5.63. The van der Waals surface area contributed by atoms with Crippen molar-refractivity contribution in [2.75, 3.05) is 0 Å². The number of rotatable bonds is 3. The quantitative estimate of drug-likeness (QED) is 0.432. The second-order valence-corrected chi connectivity index (χ2v) is 10.5. The van der Waals surface area contributed by atoms with E-state index >= 15 is 0 Å². The second kappa shape index (κ2) is 7.46. The highest BCUT2D eigenvalue weighted by molar-refractivity contribution is 7.16. The Morgan fingerprint density at radius 3 is 2.72 bits per heavy atom. The molecule has 3 aromatic rings. The summed E-state index contributed by atoms with van der Waals surface area (Å²) in [6.45, 7) is 11.4.